The number of amides is 1. The molecule has 0 atom stereocenters. The van der Waals surface area contributed by atoms with Gasteiger partial charge in [0.05, 0.1) is 22.1 Å². The quantitative estimate of drug-likeness (QED) is 0.638. The van der Waals surface area contributed by atoms with Crippen LogP contribution in [-0.4, -0.2) is 25.7 Å². The first-order valence-corrected chi connectivity index (χ1v) is 8.94. The number of anilines is 1. The molecular weight excluding hydrogens is 390 g/mol. The summed E-state index contributed by atoms with van der Waals surface area (Å²) in [4.78, 5) is 20.8. The van der Waals surface area contributed by atoms with Crippen molar-refractivity contribution in [2.75, 3.05) is 5.32 Å². The predicted molar refractivity (Wildman–Crippen MR) is 96.6 cm³/mol. The monoisotopic (exact) mass is 403 g/mol. The first-order chi connectivity index (χ1) is 11.7. The summed E-state index contributed by atoms with van der Waals surface area (Å²) in [5, 5.41) is 7.72. The summed E-state index contributed by atoms with van der Waals surface area (Å²) in [6, 6.07) is 9.43. The summed E-state index contributed by atoms with van der Waals surface area (Å²) in [7, 11) is 0. The van der Waals surface area contributed by atoms with Crippen molar-refractivity contribution in [3.05, 3.63) is 65.3 Å². The van der Waals surface area contributed by atoms with Crippen molar-refractivity contribution in [2.24, 2.45) is 0 Å². The molecule has 0 radical (unpaired) electrons. The fourth-order valence-electron chi connectivity index (χ4n) is 1.99. The number of rotatable bonds is 6. The summed E-state index contributed by atoms with van der Waals surface area (Å²) in [6.45, 7) is 0.144. The Bertz CT molecular complexity index is 824. The second-order valence-corrected chi connectivity index (χ2v) is 6.75. The maximum absolute atomic E-state index is 12.2. The lowest BCUT2D eigenvalue weighted by Gasteiger charge is -2.09. The highest BCUT2D eigenvalue weighted by Gasteiger charge is 2.10. The van der Waals surface area contributed by atoms with Crippen LogP contribution in [0.4, 0.5) is 5.69 Å². The lowest BCUT2D eigenvalue weighted by molar-refractivity contribution is -0.116. The maximum atomic E-state index is 12.2. The minimum Gasteiger partial charge on any atom is -0.322 e. The van der Waals surface area contributed by atoms with Crippen molar-refractivity contribution in [1.29, 1.82) is 0 Å². The van der Waals surface area contributed by atoms with Crippen molar-refractivity contribution >= 4 is 39.3 Å². The Hall–Kier alpha value is -2.19. The van der Waals surface area contributed by atoms with Gasteiger partial charge >= 0.3 is 0 Å². The molecule has 3 rings (SSSR count). The molecule has 0 unspecified atom stereocenters. The van der Waals surface area contributed by atoms with Crippen LogP contribution in [0, 0.1) is 0 Å². The van der Waals surface area contributed by atoms with Gasteiger partial charge in [0, 0.05) is 24.3 Å². The van der Waals surface area contributed by atoms with Gasteiger partial charge in [-0.2, -0.15) is 5.10 Å². The molecule has 0 saturated heterocycles. The maximum Gasteiger partial charge on any atom is 0.246 e. The van der Waals surface area contributed by atoms with Gasteiger partial charge in [0.25, 0.3) is 0 Å². The molecule has 6 nitrogen and oxygen atoms in total. The number of thioether (sulfide) groups is 1. The van der Waals surface area contributed by atoms with Gasteiger partial charge < -0.3 is 5.32 Å². The minimum atomic E-state index is -0.154. The zero-order valence-electron chi connectivity index (χ0n) is 12.6. The number of pyridine rings is 2. The van der Waals surface area contributed by atoms with Crippen LogP contribution >= 0.6 is 27.7 Å². The van der Waals surface area contributed by atoms with Crippen LogP contribution in [0.1, 0.15) is 5.69 Å². The molecule has 0 aliphatic rings. The van der Waals surface area contributed by atoms with Crippen LogP contribution in [-0.2, 0) is 17.1 Å². The van der Waals surface area contributed by atoms with Gasteiger partial charge in [0.1, 0.15) is 11.6 Å². The lowest BCUT2D eigenvalue weighted by Crippen LogP contribution is -2.19. The van der Waals surface area contributed by atoms with Gasteiger partial charge in [0.15, 0.2) is 0 Å². The topological polar surface area (TPSA) is 72.7 Å². The van der Waals surface area contributed by atoms with Gasteiger partial charge in [-0.25, -0.2) is 4.98 Å². The van der Waals surface area contributed by atoms with E-state index in [9.17, 15) is 4.79 Å². The van der Waals surface area contributed by atoms with Crippen LogP contribution < -0.4 is 5.32 Å². The first kappa shape index (κ1) is 16.7. The molecule has 0 aromatic carbocycles. The van der Waals surface area contributed by atoms with E-state index < -0.39 is 0 Å². The fourth-order valence-corrected chi connectivity index (χ4v) is 3.18. The van der Waals surface area contributed by atoms with E-state index in [0.29, 0.717) is 11.4 Å². The number of carbonyl (C=O) groups excluding carboxylic acids is 1. The van der Waals surface area contributed by atoms with Crippen LogP contribution in [0.15, 0.2) is 64.6 Å². The number of hydrogen-bond donors (Lipinski definition) is 1. The Kier molecular flexibility index (Phi) is 5.60. The molecule has 24 heavy (non-hydrogen) atoms. The second-order valence-electron chi connectivity index (χ2n) is 4.87. The Morgan fingerprint density at radius 2 is 2.08 bits per heavy atom. The highest BCUT2D eigenvalue weighted by atomic mass is 79.9. The predicted octanol–water partition coefficient (Wildman–Crippen LogP) is 3.37. The van der Waals surface area contributed by atoms with Crippen molar-refractivity contribution < 1.29 is 4.79 Å². The first-order valence-electron chi connectivity index (χ1n) is 7.16. The van der Waals surface area contributed by atoms with E-state index in [2.05, 4.69) is 36.3 Å². The van der Waals surface area contributed by atoms with Gasteiger partial charge in [0.2, 0.25) is 5.91 Å². The average Bonchev–Trinajstić information content (AvgIpc) is 3.00. The van der Waals surface area contributed by atoms with Crippen molar-refractivity contribution in [1.82, 2.24) is 19.7 Å². The van der Waals surface area contributed by atoms with Crippen molar-refractivity contribution in [3.63, 3.8) is 0 Å². The largest absolute Gasteiger partial charge is 0.322 e. The zero-order valence-corrected chi connectivity index (χ0v) is 15.0. The number of nitrogens with one attached hydrogen (secondary N) is 1. The molecule has 0 fully saturated rings. The summed E-state index contributed by atoms with van der Waals surface area (Å²) >= 11 is 4.84. The molecular formula is C16H14BrN5OS. The van der Waals surface area contributed by atoms with Gasteiger partial charge in [-0.05, 0) is 40.2 Å². The summed E-state index contributed by atoms with van der Waals surface area (Å²) in [5.41, 5.74) is 1.65. The van der Waals surface area contributed by atoms with E-state index >= 15 is 0 Å². The van der Waals surface area contributed by atoms with E-state index in [1.807, 2.05) is 24.3 Å². The van der Waals surface area contributed by atoms with E-state index in [4.69, 9.17) is 0 Å². The molecule has 0 aliphatic heterocycles. The van der Waals surface area contributed by atoms with Crippen LogP contribution in [0.2, 0.25) is 0 Å². The third-order valence-corrected chi connectivity index (χ3v) is 4.48. The number of carbonyl (C=O) groups is 1. The number of nitrogens with zero attached hydrogens (tertiary/aromatic N) is 4. The van der Waals surface area contributed by atoms with E-state index in [-0.39, 0.29) is 12.5 Å². The van der Waals surface area contributed by atoms with Crippen LogP contribution in [0.5, 0.6) is 0 Å². The average molecular weight is 404 g/mol. The Labute approximate surface area is 151 Å². The van der Waals surface area contributed by atoms with E-state index in [1.165, 1.54) is 11.8 Å². The van der Waals surface area contributed by atoms with Crippen molar-refractivity contribution in [2.45, 2.75) is 17.3 Å². The highest BCUT2D eigenvalue weighted by Crippen LogP contribution is 2.27. The summed E-state index contributed by atoms with van der Waals surface area (Å²) < 4.78 is 2.40. The molecule has 3 aromatic rings. The smallest absolute Gasteiger partial charge is 0.246 e. The molecule has 3 heterocycles. The number of aromatic nitrogens is 4. The molecule has 0 spiro atoms. The number of hydrogen-bond acceptors (Lipinski definition) is 5. The third kappa shape index (κ3) is 4.65. The lowest BCUT2D eigenvalue weighted by atomic mass is 10.4. The molecule has 8 heteroatoms. The highest BCUT2D eigenvalue weighted by molar-refractivity contribution is 9.10. The molecule has 1 N–H and O–H groups in total. The molecule has 0 saturated carbocycles. The Morgan fingerprint density at radius 3 is 2.83 bits per heavy atom. The molecule has 122 valence electrons. The summed E-state index contributed by atoms with van der Waals surface area (Å²) in [5.74, 6) is 0.533. The molecule has 3 aromatic heterocycles. The van der Waals surface area contributed by atoms with Gasteiger partial charge in [-0.1, -0.05) is 17.8 Å². The van der Waals surface area contributed by atoms with Crippen molar-refractivity contribution in [3.8, 4) is 0 Å². The standard InChI is InChI=1S/C16H14BrN5OS/c17-12-8-20-22(9-12)10-15(23)21-14-5-3-7-19-16(14)24-11-13-4-1-2-6-18-13/h1-9H,10-11H2,(H,21,23). The SMILES string of the molecule is O=C(Cn1cc(Br)cn1)Nc1cccnc1SCc1ccccn1. The fraction of sp³-hybridized carbons (Fsp3) is 0.125. The molecule has 0 aliphatic carbocycles. The van der Waals surface area contributed by atoms with Crippen LogP contribution in [0.25, 0.3) is 0 Å². The molecule has 1 amide bonds. The number of halogens is 1. The van der Waals surface area contributed by atoms with E-state index in [0.717, 1.165) is 15.2 Å². The summed E-state index contributed by atoms with van der Waals surface area (Å²) in [6.07, 6.45) is 6.87. The Balaban J connectivity index is 1.64. The van der Waals surface area contributed by atoms with Gasteiger partial charge in [-0.3, -0.25) is 14.5 Å². The normalized spacial score (nSPS) is 10.5. The Morgan fingerprint density at radius 1 is 1.21 bits per heavy atom. The third-order valence-electron chi connectivity index (χ3n) is 3.04. The second kappa shape index (κ2) is 8.07. The zero-order chi connectivity index (χ0) is 16.8. The van der Waals surface area contributed by atoms with Gasteiger partial charge in [-0.15, -0.1) is 0 Å². The molecule has 0 bridgehead atoms. The minimum absolute atomic E-state index is 0.144. The van der Waals surface area contributed by atoms with Crippen LogP contribution in [0.3, 0.4) is 0 Å². The van der Waals surface area contributed by atoms with E-state index in [1.54, 1.807) is 35.5 Å².